The molecule has 0 aliphatic carbocycles. The molecule has 0 saturated carbocycles. The average molecular weight is 118 g/mol. The molecule has 0 aromatic rings. The van der Waals surface area contributed by atoms with E-state index in [1.807, 2.05) is 0 Å². The van der Waals surface area contributed by atoms with Gasteiger partial charge in [-0.2, -0.15) is 0 Å². The zero-order valence-corrected chi connectivity index (χ0v) is 4.77. The van der Waals surface area contributed by atoms with Crippen LogP contribution >= 0.6 is 0 Å². The van der Waals surface area contributed by atoms with Crippen LogP contribution < -0.4 is 10.9 Å². The normalized spacial score (nSPS) is 8.75. The van der Waals surface area contributed by atoms with Crippen LogP contribution in [-0.2, 0) is 4.79 Å². The smallest absolute Gasteiger partial charge is 0.230 e. The third kappa shape index (κ3) is 5.39. The fraction of sp³-hybridized carbons (Fsp3) is 0.750. The van der Waals surface area contributed by atoms with Crippen LogP contribution in [0.4, 0.5) is 0 Å². The first-order valence-corrected chi connectivity index (χ1v) is 2.37. The van der Waals surface area contributed by atoms with Crippen LogP contribution in [0.1, 0.15) is 6.92 Å². The van der Waals surface area contributed by atoms with Gasteiger partial charge in [-0.05, 0) is 0 Å². The lowest BCUT2D eigenvalue weighted by molar-refractivity contribution is -0.119. The summed E-state index contributed by atoms with van der Waals surface area (Å²) in [7, 11) is 0. The molecule has 0 fully saturated rings. The maximum atomic E-state index is 10.1. The second kappa shape index (κ2) is 4.55. The summed E-state index contributed by atoms with van der Waals surface area (Å²) < 4.78 is 0. The van der Waals surface area contributed by atoms with Gasteiger partial charge >= 0.3 is 0 Å². The van der Waals surface area contributed by atoms with E-state index >= 15 is 0 Å². The summed E-state index contributed by atoms with van der Waals surface area (Å²) >= 11 is 0. The van der Waals surface area contributed by atoms with E-state index < -0.39 is 0 Å². The molecule has 0 atom stereocenters. The number of carbonyl (C=O) groups is 1. The highest BCUT2D eigenvalue weighted by Crippen LogP contribution is 1.52. The molecule has 0 spiro atoms. The monoisotopic (exact) mass is 118 g/mol. The Morgan fingerprint density at radius 3 is 2.75 bits per heavy atom. The summed E-state index contributed by atoms with van der Waals surface area (Å²) in [6, 6.07) is 0. The third-order valence-corrected chi connectivity index (χ3v) is 0.501. The van der Waals surface area contributed by atoms with E-state index in [2.05, 4.69) is 10.9 Å². The van der Waals surface area contributed by atoms with Gasteiger partial charge in [0, 0.05) is 13.5 Å². The second-order valence-corrected chi connectivity index (χ2v) is 1.33. The van der Waals surface area contributed by atoms with Gasteiger partial charge < -0.3 is 5.11 Å². The summed E-state index contributed by atoms with van der Waals surface area (Å²) in [5.74, 6) is -0.154. The first-order chi connectivity index (χ1) is 3.77. The van der Waals surface area contributed by atoms with Crippen LogP contribution in [-0.4, -0.2) is 24.2 Å². The molecule has 4 nitrogen and oxygen atoms in total. The zero-order chi connectivity index (χ0) is 6.41. The fourth-order valence-electron chi connectivity index (χ4n) is 0.243. The van der Waals surface area contributed by atoms with E-state index in [-0.39, 0.29) is 12.5 Å². The number of amides is 1. The number of aliphatic hydroxyl groups is 1. The van der Waals surface area contributed by atoms with Gasteiger partial charge in [-0.25, -0.2) is 5.43 Å². The summed E-state index contributed by atoms with van der Waals surface area (Å²) in [6.07, 6.45) is 0. The van der Waals surface area contributed by atoms with Gasteiger partial charge in [-0.3, -0.25) is 10.2 Å². The highest BCUT2D eigenvalue weighted by atomic mass is 16.3. The molecule has 0 heterocycles. The SMILES string of the molecule is CC(=O)NNCCO. The Morgan fingerprint density at radius 2 is 2.38 bits per heavy atom. The average Bonchev–Trinajstić information content (AvgIpc) is 1.66. The number of hydrogen-bond acceptors (Lipinski definition) is 3. The molecule has 0 aliphatic rings. The van der Waals surface area contributed by atoms with Crippen LogP contribution in [0.2, 0.25) is 0 Å². The minimum atomic E-state index is -0.154. The molecule has 3 N–H and O–H groups in total. The molecule has 0 aliphatic heterocycles. The van der Waals surface area contributed by atoms with Crippen molar-refractivity contribution in [3.63, 3.8) is 0 Å². The lowest BCUT2D eigenvalue weighted by Gasteiger charge is -1.99. The van der Waals surface area contributed by atoms with Gasteiger partial charge in [0.2, 0.25) is 5.91 Å². The Balaban J connectivity index is 2.82. The molecule has 0 radical (unpaired) electrons. The topological polar surface area (TPSA) is 61.4 Å². The highest BCUT2D eigenvalue weighted by molar-refractivity contribution is 5.72. The summed E-state index contributed by atoms with van der Waals surface area (Å²) in [6.45, 7) is 1.81. The van der Waals surface area contributed by atoms with Gasteiger partial charge in [0.15, 0.2) is 0 Å². The van der Waals surface area contributed by atoms with Gasteiger partial charge in [-0.1, -0.05) is 0 Å². The van der Waals surface area contributed by atoms with Crippen LogP contribution in [0.5, 0.6) is 0 Å². The lowest BCUT2D eigenvalue weighted by Crippen LogP contribution is -2.37. The molecule has 0 bridgehead atoms. The van der Waals surface area contributed by atoms with Crippen LogP contribution in [0.15, 0.2) is 0 Å². The molecule has 0 unspecified atom stereocenters. The fourth-order valence-corrected chi connectivity index (χ4v) is 0.243. The molecular formula is C4H10N2O2. The van der Waals surface area contributed by atoms with Crippen LogP contribution in [0.3, 0.4) is 0 Å². The van der Waals surface area contributed by atoms with E-state index in [9.17, 15) is 4.79 Å². The van der Waals surface area contributed by atoms with Gasteiger partial charge in [-0.15, -0.1) is 0 Å². The van der Waals surface area contributed by atoms with Crippen molar-refractivity contribution in [1.82, 2.24) is 10.9 Å². The molecule has 0 aromatic heterocycles. The molecule has 1 amide bonds. The lowest BCUT2D eigenvalue weighted by atomic mass is 10.7. The predicted octanol–water partition coefficient (Wildman–Crippen LogP) is -1.38. The first-order valence-electron chi connectivity index (χ1n) is 2.37. The van der Waals surface area contributed by atoms with Gasteiger partial charge in [0.1, 0.15) is 0 Å². The maximum Gasteiger partial charge on any atom is 0.230 e. The molecule has 48 valence electrons. The predicted molar refractivity (Wildman–Crippen MR) is 28.9 cm³/mol. The van der Waals surface area contributed by atoms with Crippen LogP contribution in [0.25, 0.3) is 0 Å². The second-order valence-electron chi connectivity index (χ2n) is 1.33. The Morgan fingerprint density at radius 1 is 1.75 bits per heavy atom. The standard InChI is InChI=1S/C4H10N2O2/c1-4(8)6-5-2-3-7/h5,7H,2-3H2,1H3,(H,6,8). The molecule has 0 aromatic carbocycles. The van der Waals surface area contributed by atoms with Crippen molar-refractivity contribution < 1.29 is 9.90 Å². The van der Waals surface area contributed by atoms with E-state index in [0.717, 1.165) is 0 Å². The van der Waals surface area contributed by atoms with Crippen molar-refractivity contribution in [3.8, 4) is 0 Å². The molecule has 4 heteroatoms. The minimum absolute atomic E-state index is 0.0281. The number of carbonyl (C=O) groups excluding carboxylic acids is 1. The number of hydrazine groups is 1. The van der Waals surface area contributed by atoms with Crippen molar-refractivity contribution in [3.05, 3.63) is 0 Å². The number of rotatable bonds is 3. The van der Waals surface area contributed by atoms with E-state index in [0.29, 0.717) is 6.54 Å². The Kier molecular flexibility index (Phi) is 4.20. The molecular weight excluding hydrogens is 108 g/mol. The Bertz CT molecular complexity index is 74.4. The molecule has 8 heavy (non-hydrogen) atoms. The van der Waals surface area contributed by atoms with E-state index in [1.165, 1.54) is 6.92 Å². The van der Waals surface area contributed by atoms with E-state index in [1.54, 1.807) is 0 Å². The van der Waals surface area contributed by atoms with E-state index in [4.69, 9.17) is 5.11 Å². The van der Waals surface area contributed by atoms with Crippen LogP contribution in [0, 0.1) is 0 Å². The minimum Gasteiger partial charge on any atom is -0.395 e. The summed E-state index contributed by atoms with van der Waals surface area (Å²) in [5, 5.41) is 8.17. The highest BCUT2D eigenvalue weighted by Gasteiger charge is 1.84. The Labute approximate surface area is 47.9 Å². The van der Waals surface area contributed by atoms with Crippen molar-refractivity contribution in [2.24, 2.45) is 0 Å². The number of hydrogen-bond donors (Lipinski definition) is 3. The third-order valence-electron chi connectivity index (χ3n) is 0.501. The number of aliphatic hydroxyl groups excluding tert-OH is 1. The first kappa shape index (κ1) is 7.39. The number of nitrogens with one attached hydrogen (secondary N) is 2. The van der Waals surface area contributed by atoms with Gasteiger partial charge in [0.25, 0.3) is 0 Å². The van der Waals surface area contributed by atoms with Crippen molar-refractivity contribution >= 4 is 5.91 Å². The Hall–Kier alpha value is -0.610. The van der Waals surface area contributed by atoms with Crippen molar-refractivity contribution in [2.75, 3.05) is 13.2 Å². The molecule has 0 saturated heterocycles. The zero-order valence-electron chi connectivity index (χ0n) is 4.77. The van der Waals surface area contributed by atoms with Crippen molar-refractivity contribution in [2.45, 2.75) is 6.92 Å². The maximum absolute atomic E-state index is 10.1. The summed E-state index contributed by atoms with van der Waals surface area (Å²) in [5.41, 5.74) is 4.78. The van der Waals surface area contributed by atoms with Gasteiger partial charge in [0.05, 0.1) is 6.61 Å². The molecule has 0 rings (SSSR count). The largest absolute Gasteiger partial charge is 0.395 e. The quantitative estimate of drug-likeness (QED) is 0.316. The van der Waals surface area contributed by atoms with Crippen molar-refractivity contribution in [1.29, 1.82) is 0 Å². The summed E-state index contributed by atoms with van der Waals surface area (Å²) in [4.78, 5) is 10.1.